The van der Waals surface area contributed by atoms with E-state index in [0.717, 1.165) is 23.8 Å². The Bertz CT molecular complexity index is 396. The number of hydrogen-bond donors (Lipinski definition) is 1. The van der Waals surface area contributed by atoms with Crippen molar-refractivity contribution in [2.75, 3.05) is 11.6 Å². The number of pyridine rings is 1. The molecule has 1 aliphatic carbocycles. The average molecular weight is 253 g/mol. The Morgan fingerprint density at radius 3 is 2.88 bits per heavy atom. The minimum atomic E-state index is -0.483. The van der Waals surface area contributed by atoms with E-state index in [4.69, 9.17) is 0 Å². The van der Waals surface area contributed by atoms with E-state index < -0.39 is 4.92 Å². The van der Waals surface area contributed by atoms with Crippen LogP contribution in [0.3, 0.4) is 0 Å². The maximum absolute atomic E-state index is 10.5. The van der Waals surface area contributed by atoms with Crippen LogP contribution >= 0.6 is 11.8 Å². The predicted octanol–water partition coefficient (Wildman–Crippen LogP) is 2.69. The molecule has 2 atom stereocenters. The summed E-state index contributed by atoms with van der Waals surface area (Å²) in [4.78, 5) is 13.8. The summed E-state index contributed by atoms with van der Waals surface area (Å²) in [5.74, 6) is -0.107. The maximum Gasteiger partial charge on any atom is 0.363 e. The van der Waals surface area contributed by atoms with Crippen molar-refractivity contribution in [2.45, 2.75) is 30.6 Å². The van der Waals surface area contributed by atoms with E-state index in [1.165, 1.54) is 18.7 Å². The number of nitrogens with one attached hydrogen (secondary N) is 1. The molecule has 2 rings (SSSR count). The van der Waals surface area contributed by atoms with Gasteiger partial charge in [-0.25, -0.2) is 0 Å². The standard InChI is InChI=1S/C11H15N3O2S/c1-17-10-4-2-8(6-10)13-9-3-5-11(12-7-9)14(15)16/h3,5,7-8,10,13H,2,4,6H2,1H3. The first-order chi connectivity index (χ1) is 8.19. The van der Waals surface area contributed by atoms with Crippen LogP contribution in [0.4, 0.5) is 11.5 Å². The third-order valence-corrected chi connectivity index (χ3v) is 4.12. The number of rotatable bonds is 4. The van der Waals surface area contributed by atoms with Crippen LogP contribution in [0.15, 0.2) is 18.3 Å². The lowest BCUT2D eigenvalue weighted by molar-refractivity contribution is -0.389. The summed E-state index contributed by atoms with van der Waals surface area (Å²) in [7, 11) is 0. The van der Waals surface area contributed by atoms with E-state index in [2.05, 4.69) is 16.6 Å². The highest BCUT2D eigenvalue weighted by atomic mass is 32.2. The lowest BCUT2D eigenvalue weighted by Gasteiger charge is -2.12. The van der Waals surface area contributed by atoms with E-state index in [1.54, 1.807) is 6.07 Å². The van der Waals surface area contributed by atoms with Gasteiger partial charge >= 0.3 is 5.82 Å². The first-order valence-electron chi connectivity index (χ1n) is 5.59. The number of thioether (sulfide) groups is 1. The van der Waals surface area contributed by atoms with Crippen LogP contribution in [0.5, 0.6) is 0 Å². The zero-order valence-corrected chi connectivity index (χ0v) is 10.4. The quantitative estimate of drug-likeness (QED) is 0.660. The van der Waals surface area contributed by atoms with Gasteiger partial charge in [-0.15, -0.1) is 0 Å². The van der Waals surface area contributed by atoms with Crippen molar-refractivity contribution in [2.24, 2.45) is 0 Å². The van der Waals surface area contributed by atoms with Crippen molar-refractivity contribution in [3.63, 3.8) is 0 Å². The van der Waals surface area contributed by atoms with Crippen molar-refractivity contribution in [3.05, 3.63) is 28.4 Å². The topological polar surface area (TPSA) is 68.1 Å². The molecule has 17 heavy (non-hydrogen) atoms. The van der Waals surface area contributed by atoms with Crippen LogP contribution in [-0.2, 0) is 0 Å². The fourth-order valence-electron chi connectivity index (χ4n) is 2.10. The predicted molar refractivity (Wildman–Crippen MR) is 69.5 cm³/mol. The van der Waals surface area contributed by atoms with Gasteiger partial charge in [0.25, 0.3) is 0 Å². The summed E-state index contributed by atoms with van der Waals surface area (Å²) in [5.41, 5.74) is 0.863. The second kappa shape index (κ2) is 5.35. The molecule has 92 valence electrons. The van der Waals surface area contributed by atoms with Gasteiger partial charge in [0.2, 0.25) is 0 Å². The molecule has 1 aliphatic rings. The van der Waals surface area contributed by atoms with E-state index in [1.807, 2.05) is 11.8 Å². The van der Waals surface area contributed by atoms with Crippen LogP contribution < -0.4 is 5.32 Å². The van der Waals surface area contributed by atoms with Gasteiger partial charge in [-0.3, -0.25) is 0 Å². The molecule has 0 aliphatic heterocycles. The van der Waals surface area contributed by atoms with Crippen LogP contribution in [0.2, 0.25) is 0 Å². The van der Waals surface area contributed by atoms with Crippen LogP contribution in [0.25, 0.3) is 0 Å². The Hall–Kier alpha value is -1.30. The monoisotopic (exact) mass is 253 g/mol. The summed E-state index contributed by atoms with van der Waals surface area (Å²) >= 11 is 1.91. The molecule has 1 aromatic rings. The third-order valence-electron chi connectivity index (χ3n) is 3.02. The summed E-state index contributed by atoms with van der Waals surface area (Å²) in [5, 5.41) is 14.6. The number of aromatic nitrogens is 1. The Balaban J connectivity index is 1.93. The molecule has 2 unspecified atom stereocenters. The molecule has 0 bridgehead atoms. The Kier molecular flexibility index (Phi) is 3.83. The van der Waals surface area contributed by atoms with Crippen molar-refractivity contribution in [1.29, 1.82) is 0 Å². The smallest absolute Gasteiger partial charge is 0.363 e. The Morgan fingerprint density at radius 1 is 1.53 bits per heavy atom. The van der Waals surface area contributed by atoms with E-state index >= 15 is 0 Å². The number of hydrogen-bond acceptors (Lipinski definition) is 5. The van der Waals surface area contributed by atoms with Crippen molar-refractivity contribution >= 4 is 23.3 Å². The third kappa shape index (κ3) is 3.09. The molecule has 0 radical (unpaired) electrons. The molecule has 0 saturated heterocycles. The molecular weight excluding hydrogens is 238 g/mol. The van der Waals surface area contributed by atoms with Gasteiger partial charge in [0.15, 0.2) is 6.20 Å². The van der Waals surface area contributed by atoms with Gasteiger partial charge in [-0.05, 0) is 41.5 Å². The maximum atomic E-state index is 10.5. The van der Waals surface area contributed by atoms with Gasteiger partial charge in [0.05, 0.1) is 5.69 Å². The van der Waals surface area contributed by atoms with E-state index in [-0.39, 0.29) is 5.82 Å². The Morgan fingerprint density at radius 2 is 2.35 bits per heavy atom. The molecule has 1 heterocycles. The minimum absolute atomic E-state index is 0.107. The minimum Gasteiger partial charge on any atom is -0.379 e. The molecule has 6 heteroatoms. The first-order valence-corrected chi connectivity index (χ1v) is 6.87. The van der Waals surface area contributed by atoms with Gasteiger partial charge in [-0.2, -0.15) is 11.8 Å². The molecule has 1 aromatic heterocycles. The van der Waals surface area contributed by atoms with Gasteiger partial charge in [0, 0.05) is 17.4 Å². The zero-order chi connectivity index (χ0) is 12.3. The molecule has 0 spiro atoms. The van der Waals surface area contributed by atoms with Crippen molar-refractivity contribution in [3.8, 4) is 0 Å². The van der Waals surface area contributed by atoms with Gasteiger partial charge in [0.1, 0.15) is 0 Å². The molecule has 0 aromatic carbocycles. The number of nitrogens with zero attached hydrogens (tertiary/aromatic N) is 2. The van der Waals surface area contributed by atoms with Crippen molar-refractivity contribution < 1.29 is 4.92 Å². The lowest BCUT2D eigenvalue weighted by atomic mass is 10.2. The normalized spacial score (nSPS) is 23.6. The first kappa shape index (κ1) is 12.2. The Labute approximate surface area is 104 Å². The molecule has 0 amide bonds. The highest BCUT2D eigenvalue weighted by Gasteiger charge is 2.23. The van der Waals surface area contributed by atoms with Gasteiger partial charge in [-0.1, -0.05) is 0 Å². The van der Waals surface area contributed by atoms with E-state index in [9.17, 15) is 10.1 Å². The SMILES string of the molecule is CSC1CCC(Nc2ccc([N+](=O)[O-])nc2)C1. The van der Waals surface area contributed by atoms with Crippen LogP contribution in [-0.4, -0.2) is 27.5 Å². The molecular formula is C11H15N3O2S. The average Bonchev–Trinajstić information content (AvgIpc) is 2.77. The molecule has 5 nitrogen and oxygen atoms in total. The number of anilines is 1. The second-order valence-corrected chi connectivity index (χ2v) is 5.31. The highest BCUT2D eigenvalue weighted by molar-refractivity contribution is 7.99. The zero-order valence-electron chi connectivity index (χ0n) is 9.63. The molecule has 1 fully saturated rings. The van der Waals surface area contributed by atoms with Crippen molar-refractivity contribution in [1.82, 2.24) is 4.98 Å². The summed E-state index contributed by atoms with van der Waals surface area (Å²) in [6, 6.07) is 3.62. The lowest BCUT2D eigenvalue weighted by Crippen LogP contribution is -2.16. The largest absolute Gasteiger partial charge is 0.379 e. The summed E-state index contributed by atoms with van der Waals surface area (Å²) in [6.07, 6.45) is 7.21. The second-order valence-electron chi connectivity index (χ2n) is 4.17. The fourth-order valence-corrected chi connectivity index (χ4v) is 2.90. The fraction of sp³-hybridized carbons (Fsp3) is 0.545. The summed E-state index contributed by atoms with van der Waals surface area (Å²) < 4.78 is 0. The van der Waals surface area contributed by atoms with Crippen LogP contribution in [0.1, 0.15) is 19.3 Å². The number of nitro groups is 1. The summed E-state index contributed by atoms with van der Waals surface area (Å²) in [6.45, 7) is 0. The van der Waals surface area contributed by atoms with Gasteiger partial charge < -0.3 is 15.4 Å². The molecule has 1 saturated carbocycles. The van der Waals surface area contributed by atoms with Crippen LogP contribution in [0, 0.1) is 10.1 Å². The van der Waals surface area contributed by atoms with E-state index in [0.29, 0.717) is 6.04 Å². The molecule has 1 N–H and O–H groups in total. The highest BCUT2D eigenvalue weighted by Crippen LogP contribution is 2.30.